The third-order valence-electron chi connectivity index (χ3n) is 8.96. The van der Waals surface area contributed by atoms with Crippen LogP contribution in [-0.4, -0.2) is 28.0 Å². The summed E-state index contributed by atoms with van der Waals surface area (Å²) in [5.74, 6) is -0.298. The topological polar surface area (TPSA) is 38.9 Å². The number of para-hydroxylation sites is 2. The Labute approximate surface area is 246 Å². The van der Waals surface area contributed by atoms with Crippen LogP contribution in [0.2, 0.25) is 0 Å². The van der Waals surface area contributed by atoms with E-state index in [9.17, 15) is 4.79 Å². The molecule has 6 aromatic rings. The molecule has 42 heavy (non-hydrogen) atoms. The van der Waals surface area contributed by atoms with E-state index in [0.717, 1.165) is 75.5 Å². The first-order chi connectivity index (χ1) is 20.5. The van der Waals surface area contributed by atoms with Gasteiger partial charge < -0.3 is 14.2 Å². The van der Waals surface area contributed by atoms with Gasteiger partial charge in [-0.1, -0.05) is 72.8 Å². The summed E-state index contributed by atoms with van der Waals surface area (Å²) in [6, 6.07) is 35.6. The van der Waals surface area contributed by atoms with Crippen molar-refractivity contribution in [3.05, 3.63) is 131 Å². The van der Waals surface area contributed by atoms with Crippen LogP contribution in [0.5, 0.6) is 0 Å². The fourth-order valence-corrected chi connectivity index (χ4v) is 7.09. The Morgan fingerprint density at radius 3 is 2.10 bits per heavy atom. The number of benzene rings is 4. The number of anilines is 1. The lowest BCUT2D eigenvalue weighted by atomic mass is 9.77. The van der Waals surface area contributed by atoms with Crippen LogP contribution in [0.15, 0.2) is 103 Å². The molecule has 0 N–H and O–H groups in total. The molecule has 0 saturated heterocycles. The molecule has 0 spiro atoms. The minimum absolute atomic E-state index is 0.298. The SMILES string of the molecule is CCN(CC)c1ccc(C2(c3c(-c4ccccc4)c(C)n4c5ccccc5n(CC)c34)OC(=O)c3ccccc32)cc1. The number of cyclic esters (lactones) is 1. The van der Waals surface area contributed by atoms with Gasteiger partial charge in [0.1, 0.15) is 5.65 Å². The number of esters is 1. The standard InChI is InChI=1S/C37H35N3O2/c1-5-38(6-2)28-23-21-27(22-24-28)37(30-18-12-11-17-29(30)36(41)42-37)34-33(26-15-9-8-10-16-26)25(4)40-32-20-14-13-19-31(32)39(7-3)35(34)40/h8-24H,5-7H2,1-4H3. The smallest absolute Gasteiger partial charge is 0.340 e. The number of rotatable bonds is 7. The number of fused-ring (bicyclic) bond motifs is 4. The van der Waals surface area contributed by atoms with Crippen LogP contribution in [0.3, 0.4) is 0 Å². The molecule has 0 radical (unpaired) electrons. The highest BCUT2D eigenvalue weighted by Gasteiger charge is 2.52. The highest BCUT2D eigenvalue weighted by Crippen LogP contribution is 2.53. The monoisotopic (exact) mass is 553 g/mol. The second kappa shape index (κ2) is 9.95. The van der Waals surface area contributed by atoms with Crippen molar-refractivity contribution in [2.24, 2.45) is 0 Å². The number of hydrogen-bond donors (Lipinski definition) is 0. The van der Waals surface area contributed by atoms with Crippen molar-refractivity contribution in [3.63, 3.8) is 0 Å². The number of nitrogens with zero attached hydrogens (tertiary/aromatic N) is 3. The first-order valence-corrected chi connectivity index (χ1v) is 14.9. The molecule has 2 aromatic heterocycles. The van der Waals surface area contributed by atoms with Gasteiger partial charge >= 0.3 is 5.97 Å². The maximum absolute atomic E-state index is 13.8. The first kappa shape index (κ1) is 26.1. The van der Waals surface area contributed by atoms with E-state index in [-0.39, 0.29) is 5.97 Å². The molecule has 7 rings (SSSR count). The maximum Gasteiger partial charge on any atom is 0.340 e. The van der Waals surface area contributed by atoms with Crippen molar-refractivity contribution in [3.8, 4) is 11.1 Å². The van der Waals surface area contributed by atoms with Crippen molar-refractivity contribution in [2.45, 2.75) is 39.8 Å². The van der Waals surface area contributed by atoms with Gasteiger partial charge in [-0.05, 0) is 63.6 Å². The van der Waals surface area contributed by atoms with Gasteiger partial charge in [-0.15, -0.1) is 0 Å². The van der Waals surface area contributed by atoms with Gasteiger partial charge in [-0.25, -0.2) is 4.79 Å². The number of carbonyl (C=O) groups excluding carboxylic acids is 1. The summed E-state index contributed by atoms with van der Waals surface area (Å²) in [5.41, 5.74) is 10.1. The number of hydrogen-bond acceptors (Lipinski definition) is 3. The van der Waals surface area contributed by atoms with Crippen LogP contribution in [-0.2, 0) is 16.9 Å². The molecule has 0 aliphatic carbocycles. The van der Waals surface area contributed by atoms with E-state index in [0.29, 0.717) is 5.56 Å². The third-order valence-corrected chi connectivity index (χ3v) is 8.96. The van der Waals surface area contributed by atoms with Crippen molar-refractivity contribution in [1.29, 1.82) is 0 Å². The Bertz CT molecular complexity index is 1940. The molecule has 1 atom stereocenters. The van der Waals surface area contributed by atoms with Crippen LogP contribution in [0.25, 0.3) is 27.8 Å². The summed E-state index contributed by atoms with van der Waals surface area (Å²) < 4.78 is 11.5. The predicted molar refractivity (Wildman–Crippen MR) is 170 cm³/mol. The van der Waals surface area contributed by atoms with Gasteiger partial charge in [0.25, 0.3) is 0 Å². The van der Waals surface area contributed by atoms with Gasteiger partial charge in [0.05, 0.1) is 22.2 Å². The molecular formula is C37H35N3O2. The zero-order valence-electron chi connectivity index (χ0n) is 24.6. The Hall–Kier alpha value is -4.77. The minimum Gasteiger partial charge on any atom is -0.440 e. The van der Waals surface area contributed by atoms with Crippen LogP contribution in [0.1, 0.15) is 53.5 Å². The number of aromatic nitrogens is 2. The van der Waals surface area contributed by atoms with Crippen LogP contribution in [0, 0.1) is 6.92 Å². The molecular weight excluding hydrogens is 518 g/mol. The average Bonchev–Trinajstić information content (AvgIpc) is 3.64. The molecule has 1 unspecified atom stereocenters. The second-order valence-corrected chi connectivity index (χ2v) is 10.9. The van der Waals surface area contributed by atoms with Gasteiger partial charge in [0, 0.05) is 47.7 Å². The van der Waals surface area contributed by atoms with Gasteiger partial charge in [0.2, 0.25) is 0 Å². The van der Waals surface area contributed by atoms with E-state index in [4.69, 9.17) is 4.74 Å². The summed E-state index contributed by atoms with van der Waals surface area (Å²) in [5, 5.41) is 0. The number of ether oxygens (including phenoxy) is 1. The predicted octanol–water partition coefficient (Wildman–Crippen LogP) is 8.20. The highest BCUT2D eigenvalue weighted by atomic mass is 16.6. The van der Waals surface area contributed by atoms with Gasteiger partial charge in [-0.3, -0.25) is 4.40 Å². The first-order valence-electron chi connectivity index (χ1n) is 14.9. The van der Waals surface area contributed by atoms with E-state index >= 15 is 0 Å². The normalized spacial score (nSPS) is 16.2. The zero-order valence-corrected chi connectivity index (χ0v) is 24.6. The lowest BCUT2D eigenvalue weighted by Gasteiger charge is -2.32. The summed E-state index contributed by atoms with van der Waals surface area (Å²) in [6.45, 7) is 11.3. The molecule has 5 heteroatoms. The van der Waals surface area contributed by atoms with Crippen molar-refractivity contribution in [2.75, 3.05) is 18.0 Å². The Morgan fingerprint density at radius 2 is 1.40 bits per heavy atom. The minimum atomic E-state index is -1.14. The fourth-order valence-electron chi connectivity index (χ4n) is 7.09. The van der Waals surface area contributed by atoms with E-state index < -0.39 is 5.60 Å². The molecule has 3 heterocycles. The summed E-state index contributed by atoms with van der Waals surface area (Å²) in [6.07, 6.45) is 0. The second-order valence-electron chi connectivity index (χ2n) is 10.9. The quantitative estimate of drug-likeness (QED) is 0.187. The van der Waals surface area contributed by atoms with Crippen LogP contribution < -0.4 is 4.90 Å². The van der Waals surface area contributed by atoms with Crippen molar-refractivity contribution >= 4 is 28.3 Å². The van der Waals surface area contributed by atoms with E-state index in [1.165, 1.54) is 0 Å². The maximum atomic E-state index is 13.8. The molecule has 0 saturated carbocycles. The highest BCUT2D eigenvalue weighted by molar-refractivity contribution is 5.99. The molecule has 1 aliphatic heterocycles. The van der Waals surface area contributed by atoms with Gasteiger partial charge in [0.15, 0.2) is 5.60 Å². The molecule has 5 nitrogen and oxygen atoms in total. The number of carbonyl (C=O) groups is 1. The number of imidazole rings is 1. The van der Waals surface area contributed by atoms with Gasteiger partial charge in [-0.2, -0.15) is 0 Å². The molecule has 1 aliphatic rings. The van der Waals surface area contributed by atoms with E-state index in [1.807, 2.05) is 24.3 Å². The molecule has 0 bridgehead atoms. The summed E-state index contributed by atoms with van der Waals surface area (Å²) in [4.78, 5) is 16.1. The average molecular weight is 554 g/mol. The summed E-state index contributed by atoms with van der Waals surface area (Å²) in [7, 11) is 0. The zero-order chi connectivity index (χ0) is 29.0. The largest absolute Gasteiger partial charge is 0.440 e. The van der Waals surface area contributed by atoms with Crippen LogP contribution >= 0.6 is 0 Å². The molecule has 210 valence electrons. The lowest BCUT2D eigenvalue weighted by Crippen LogP contribution is -2.31. The fraction of sp³-hybridized carbons (Fsp3) is 0.216. The third kappa shape index (κ3) is 3.52. The Morgan fingerprint density at radius 1 is 0.762 bits per heavy atom. The Kier molecular flexibility index (Phi) is 6.19. The molecule has 0 amide bonds. The van der Waals surface area contributed by atoms with E-state index in [1.54, 1.807) is 0 Å². The molecule has 4 aromatic carbocycles. The Balaban J connectivity index is 1.67. The van der Waals surface area contributed by atoms with Crippen molar-refractivity contribution in [1.82, 2.24) is 8.97 Å². The summed E-state index contributed by atoms with van der Waals surface area (Å²) >= 11 is 0. The number of aryl methyl sites for hydroxylation is 2. The lowest BCUT2D eigenvalue weighted by molar-refractivity contribution is 0.0256. The van der Waals surface area contributed by atoms with E-state index in [2.05, 4.69) is 120 Å². The van der Waals surface area contributed by atoms with Crippen molar-refractivity contribution < 1.29 is 9.53 Å². The van der Waals surface area contributed by atoms with Crippen LogP contribution in [0.4, 0.5) is 5.69 Å². The molecule has 0 fully saturated rings.